The molecule has 1 heterocycles. The van der Waals surface area contributed by atoms with Gasteiger partial charge in [0.05, 0.1) is 5.69 Å². The smallest absolute Gasteiger partial charge is 0.264 e. The van der Waals surface area contributed by atoms with Crippen LogP contribution in [0.5, 0.6) is 0 Å². The molecular weight excluding hydrogens is 186 g/mol. The second-order valence-electron chi connectivity index (χ2n) is 1.63. The van der Waals surface area contributed by atoms with E-state index in [0.717, 1.165) is 5.69 Å². The van der Waals surface area contributed by atoms with Gasteiger partial charge in [-0.2, -0.15) is 0 Å². The maximum Gasteiger partial charge on any atom is 0.264 e. The molecule has 0 amide bonds. The molecule has 4 heteroatoms. The van der Waals surface area contributed by atoms with Crippen molar-refractivity contribution in [3.05, 3.63) is 16.3 Å². The second-order valence-corrected chi connectivity index (χ2v) is 2.31. The summed E-state index contributed by atoms with van der Waals surface area (Å²) < 4.78 is 4.92. The Morgan fingerprint density at radius 1 is 1.78 bits per heavy atom. The first kappa shape index (κ1) is 6.77. The lowest BCUT2D eigenvalue weighted by molar-refractivity contribution is 0.243. The molecule has 0 saturated carbocycles. The first-order valence-corrected chi connectivity index (χ1v) is 3.26. The van der Waals surface area contributed by atoms with E-state index in [4.69, 9.17) is 9.52 Å². The highest BCUT2D eigenvalue weighted by atomic mass is 79.9. The molecule has 0 aromatic carbocycles. The van der Waals surface area contributed by atoms with Crippen LogP contribution in [0.2, 0.25) is 0 Å². The van der Waals surface area contributed by atoms with Crippen LogP contribution in [-0.4, -0.2) is 10.1 Å². The molecule has 1 aromatic rings. The van der Waals surface area contributed by atoms with Gasteiger partial charge in [-0.1, -0.05) is 0 Å². The molecule has 0 aliphatic rings. The third kappa shape index (κ3) is 1.31. The third-order valence-electron chi connectivity index (χ3n) is 1.01. The molecule has 1 aromatic heterocycles. The van der Waals surface area contributed by atoms with Crippen LogP contribution in [0.3, 0.4) is 0 Å². The Morgan fingerprint density at radius 3 is 2.67 bits per heavy atom. The van der Waals surface area contributed by atoms with Crippen LogP contribution in [0.15, 0.2) is 9.22 Å². The number of hydrogen-bond donors (Lipinski definition) is 1. The first-order valence-electron chi connectivity index (χ1n) is 2.46. The molecule has 1 N–H and O–H groups in total. The average molecular weight is 192 g/mol. The molecule has 9 heavy (non-hydrogen) atoms. The first-order chi connectivity index (χ1) is 4.24. The van der Waals surface area contributed by atoms with Gasteiger partial charge in [0.15, 0.2) is 5.76 Å². The van der Waals surface area contributed by atoms with Gasteiger partial charge in [0, 0.05) is 15.9 Å². The number of halogens is 1. The summed E-state index contributed by atoms with van der Waals surface area (Å²) in [6.45, 7) is 1.68. The zero-order chi connectivity index (χ0) is 6.85. The lowest BCUT2D eigenvalue weighted by atomic mass is 10.4. The maximum atomic E-state index is 8.58. The number of oxazole rings is 1. The molecular formula is C5H6BrNO2. The van der Waals surface area contributed by atoms with E-state index < -0.39 is 0 Å². The molecule has 0 fully saturated rings. The van der Waals surface area contributed by atoms with Gasteiger partial charge in [0.25, 0.3) is 4.80 Å². The average Bonchev–Trinajstić information content (AvgIpc) is 2.10. The molecule has 0 bridgehead atoms. The van der Waals surface area contributed by atoms with Crippen LogP contribution in [0.4, 0.5) is 0 Å². The van der Waals surface area contributed by atoms with Crippen molar-refractivity contribution >= 4 is 15.9 Å². The number of nitrogens with zero attached hydrogens (tertiary/aromatic N) is 1. The fourth-order valence-corrected chi connectivity index (χ4v) is 1.00. The molecule has 0 saturated heterocycles. The van der Waals surface area contributed by atoms with Gasteiger partial charge in [-0.15, -0.1) is 0 Å². The summed E-state index contributed by atoms with van der Waals surface area (Å²) in [5.74, 6) is 0.516. The zero-order valence-corrected chi connectivity index (χ0v) is 6.47. The van der Waals surface area contributed by atoms with E-state index in [0.29, 0.717) is 10.6 Å². The molecule has 0 aliphatic heterocycles. The third-order valence-corrected chi connectivity index (χ3v) is 1.35. The predicted octanol–water partition coefficient (Wildman–Crippen LogP) is 1.24. The van der Waals surface area contributed by atoms with Crippen molar-refractivity contribution in [2.24, 2.45) is 0 Å². The van der Waals surface area contributed by atoms with Gasteiger partial charge in [-0.25, -0.2) is 4.98 Å². The zero-order valence-electron chi connectivity index (χ0n) is 4.89. The number of rotatable bonds is 1. The topological polar surface area (TPSA) is 46.3 Å². The van der Waals surface area contributed by atoms with Crippen molar-refractivity contribution in [3.63, 3.8) is 0 Å². The van der Waals surface area contributed by atoms with Crippen molar-refractivity contribution in [2.75, 3.05) is 0 Å². The largest absolute Gasteiger partial charge is 0.433 e. The Kier molecular flexibility index (Phi) is 1.87. The highest BCUT2D eigenvalue weighted by Crippen LogP contribution is 2.14. The van der Waals surface area contributed by atoms with E-state index >= 15 is 0 Å². The fraction of sp³-hybridized carbons (Fsp3) is 0.400. The van der Waals surface area contributed by atoms with Crippen molar-refractivity contribution in [1.29, 1.82) is 0 Å². The van der Waals surface area contributed by atoms with Crippen LogP contribution in [-0.2, 0) is 6.61 Å². The number of aliphatic hydroxyl groups is 1. The molecule has 0 spiro atoms. The summed E-state index contributed by atoms with van der Waals surface area (Å²) in [7, 11) is 0. The molecule has 3 nitrogen and oxygen atoms in total. The molecule has 50 valence electrons. The summed E-state index contributed by atoms with van der Waals surface area (Å²) in [5.41, 5.74) is 0.726. The lowest BCUT2D eigenvalue weighted by Crippen LogP contribution is -1.81. The summed E-state index contributed by atoms with van der Waals surface area (Å²) in [5, 5.41) is 8.58. The number of aromatic nitrogens is 1. The Morgan fingerprint density at radius 2 is 2.44 bits per heavy atom. The van der Waals surface area contributed by atoms with Crippen LogP contribution in [0.1, 0.15) is 11.5 Å². The van der Waals surface area contributed by atoms with E-state index in [1.165, 1.54) is 0 Å². The van der Waals surface area contributed by atoms with E-state index in [-0.39, 0.29) is 6.61 Å². The highest BCUT2D eigenvalue weighted by Gasteiger charge is 2.03. The number of aliphatic hydroxyl groups excluding tert-OH is 1. The predicted molar refractivity (Wildman–Crippen MR) is 34.9 cm³/mol. The van der Waals surface area contributed by atoms with E-state index in [1.54, 1.807) is 6.92 Å². The van der Waals surface area contributed by atoms with Gasteiger partial charge in [-0.05, 0) is 6.92 Å². The SMILES string of the molecule is Cc1nc(Br)oc1CO. The number of hydrogen-bond acceptors (Lipinski definition) is 3. The fourth-order valence-electron chi connectivity index (χ4n) is 0.539. The van der Waals surface area contributed by atoms with Gasteiger partial charge in [-0.3, -0.25) is 0 Å². The Labute approximate surface area is 60.8 Å². The monoisotopic (exact) mass is 191 g/mol. The summed E-state index contributed by atoms with van der Waals surface area (Å²) in [6.07, 6.45) is 0. The molecule has 0 radical (unpaired) electrons. The van der Waals surface area contributed by atoms with Crippen molar-refractivity contribution in [2.45, 2.75) is 13.5 Å². The minimum atomic E-state index is -0.0928. The summed E-state index contributed by atoms with van der Waals surface area (Å²) >= 11 is 3.03. The maximum absolute atomic E-state index is 8.58. The Bertz CT molecular complexity index is 209. The number of aryl methyl sites for hydroxylation is 1. The van der Waals surface area contributed by atoms with Gasteiger partial charge < -0.3 is 9.52 Å². The van der Waals surface area contributed by atoms with Crippen LogP contribution in [0.25, 0.3) is 0 Å². The molecule has 0 aliphatic carbocycles. The molecule has 1 rings (SSSR count). The Balaban J connectivity index is 3.01. The Hall–Kier alpha value is -0.350. The minimum Gasteiger partial charge on any atom is -0.433 e. The summed E-state index contributed by atoms with van der Waals surface area (Å²) in [4.78, 5) is 4.29. The van der Waals surface area contributed by atoms with Crippen LogP contribution < -0.4 is 0 Å². The van der Waals surface area contributed by atoms with Gasteiger partial charge in [0.1, 0.15) is 6.61 Å². The van der Waals surface area contributed by atoms with E-state index in [1.807, 2.05) is 0 Å². The van der Waals surface area contributed by atoms with Crippen LogP contribution >= 0.6 is 15.9 Å². The molecule has 0 unspecified atom stereocenters. The van der Waals surface area contributed by atoms with E-state index in [2.05, 4.69) is 20.9 Å². The van der Waals surface area contributed by atoms with Crippen molar-refractivity contribution in [1.82, 2.24) is 4.98 Å². The van der Waals surface area contributed by atoms with Crippen LogP contribution in [0, 0.1) is 6.92 Å². The molecule has 0 atom stereocenters. The van der Waals surface area contributed by atoms with E-state index in [9.17, 15) is 0 Å². The lowest BCUT2D eigenvalue weighted by Gasteiger charge is -1.84. The highest BCUT2D eigenvalue weighted by molar-refractivity contribution is 9.10. The van der Waals surface area contributed by atoms with Crippen molar-refractivity contribution in [3.8, 4) is 0 Å². The standard InChI is InChI=1S/C5H6BrNO2/c1-3-4(2-8)9-5(6)7-3/h8H,2H2,1H3. The van der Waals surface area contributed by atoms with Crippen molar-refractivity contribution < 1.29 is 9.52 Å². The van der Waals surface area contributed by atoms with Gasteiger partial charge in [0.2, 0.25) is 0 Å². The minimum absolute atomic E-state index is 0.0928. The second kappa shape index (κ2) is 2.49. The quantitative estimate of drug-likeness (QED) is 0.727. The van der Waals surface area contributed by atoms with Gasteiger partial charge >= 0.3 is 0 Å². The normalized spacial score (nSPS) is 10.1. The summed E-state index contributed by atoms with van der Waals surface area (Å²) in [6, 6.07) is 0.